The molecule has 0 aliphatic rings. The normalized spacial score (nSPS) is 10.8. The standard InChI is InChI=1S/C11H8Cl2N6O/c12-5-1-6(13)3-7(2-5)20-10-8-4-15-19-9(8)16-11(17-10)18-14/h1-4H,14H2,(H2,15,16,17,18,19). The second kappa shape index (κ2) is 5.12. The fraction of sp³-hybridized carbons (Fsp3) is 0. The number of nitrogens with one attached hydrogen (secondary N) is 2. The molecule has 2 aromatic heterocycles. The minimum atomic E-state index is 0.199. The van der Waals surface area contributed by atoms with Crippen molar-refractivity contribution in [3.8, 4) is 11.6 Å². The van der Waals surface area contributed by atoms with E-state index < -0.39 is 0 Å². The summed E-state index contributed by atoms with van der Waals surface area (Å²) in [5.41, 5.74) is 2.85. The molecule has 0 saturated heterocycles. The van der Waals surface area contributed by atoms with Gasteiger partial charge in [-0.2, -0.15) is 15.1 Å². The molecule has 2 heterocycles. The Morgan fingerprint density at radius 2 is 1.90 bits per heavy atom. The lowest BCUT2D eigenvalue weighted by molar-refractivity contribution is 0.469. The molecule has 9 heteroatoms. The van der Waals surface area contributed by atoms with Crippen LogP contribution in [0, 0.1) is 0 Å². The molecule has 3 aromatic rings. The van der Waals surface area contributed by atoms with Crippen LogP contribution in [0.15, 0.2) is 24.4 Å². The van der Waals surface area contributed by atoms with Crippen molar-refractivity contribution in [3.63, 3.8) is 0 Å². The summed E-state index contributed by atoms with van der Waals surface area (Å²) in [5, 5.41) is 8.13. The molecule has 0 fully saturated rings. The van der Waals surface area contributed by atoms with Gasteiger partial charge in [0.15, 0.2) is 5.65 Å². The number of hydrogen-bond donors (Lipinski definition) is 3. The third kappa shape index (κ3) is 2.46. The van der Waals surface area contributed by atoms with Gasteiger partial charge in [0, 0.05) is 10.0 Å². The fourth-order valence-electron chi connectivity index (χ4n) is 1.65. The molecule has 20 heavy (non-hydrogen) atoms. The molecule has 0 bridgehead atoms. The number of aromatic amines is 1. The molecule has 0 atom stereocenters. The number of halogens is 2. The molecule has 1 aromatic carbocycles. The Labute approximate surface area is 123 Å². The van der Waals surface area contributed by atoms with Gasteiger partial charge in [0.1, 0.15) is 11.1 Å². The van der Waals surface area contributed by atoms with Gasteiger partial charge in [-0.25, -0.2) is 5.84 Å². The summed E-state index contributed by atoms with van der Waals surface area (Å²) >= 11 is 11.8. The van der Waals surface area contributed by atoms with Gasteiger partial charge >= 0.3 is 0 Å². The molecule has 7 nitrogen and oxygen atoms in total. The molecular weight excluding hydrogens is 303 g/mol. The number of nitrogens with zero attached hydrogens (tertiary/aromatic N) is 3. The van der Waals surface area contributed by atoms with E-state index in [1.165, 1.54) is 0 Å². The van der Waals surface area contributed by atoms with Gasteiger partial charge in [-0.1, -0.05) is 23.2 Å². The average molecular weight is 311 g/mol. The number of ether oxygens (including phenoxy) is 1. The Balaban J connectivity index is 2.07. The van der Waals surface area contributed by atoms with Crippen molar-refractivity contribution >= 4 is 40.2 Å². The smallest absolute Gasteiger partial charge is 0.242 e. The second-order valence-corrected chi connectivity index (χ2v) is 4.71. The first-order valence-electron chi connectivity index (χ1n) is 5.47. The van der Waals surface area contributed by atoms with E-state index in [4.69, 9.17) is 33.8 Å². The SMILES string of the molecule is NNc1nc(Oc2cc(Cl)cc(Cl)c2)c2cn[nH]c2n1. The summed E-state index contributed by atoms with van der Waals surface area (Å²) in [6.07, 6.45) is 1.55. The van der Waals surface area contributed by atoms with Crippen molar-refractivity contribution in [2.24, 2.45) is 5.84 Å². The molecule has 0 saturated carbocycles. The zero-order valence-electron chi connectivity index (χ0n) is 9.89. The zero-order valence-corrected chi connectivity index (χ0v) is 11.4. The molecule has 0 spiro atoms. The van der Waals surface area contributed by atoms with Gasteiger partial charge in [0.2, 0.25) is 11.8 Å². The van der Waals surface area contributed by atoms with E-state index in [1.54, 1.807) is 24.4 Å². The average Bonchev–Trinajstić information content (AvgIpc) is 2.85. The van der Waals surface area contributed by atoms with Crippen LogP contribution in [0.3, 0.4) is 0 Å². The molecule has 102 valence electrons. The molecule has 0 radical (unpaired) electrons. The Bertz CT molecular complexity index is 754. The van der Waals surface area contributed by atoms with Gasteiger partial charge in [0.05, 0.1) is 6.20 Å². The third-order valence-corrected chi connectivity index (χ3v) is 2.89. The van der Waals surface area contributed by atoms with E-state index in [0.717, 1.165) is 0 Å². The number of hydrazine groups is 1. The lowest BCUT2D eigenvalue weighted by Crippen LogP contribution is -2.10. The minimum absolute atomic E-state index is 0.199. The van der Waals surface area contributed by atoms with Crippen molar-refractivity contribution in [1.29, 1.82) is 0 Å². The highest BCUT2D eigenvalue weighted by Gasteiger charge is 2.12. The van der Waals surface area contributed by atoms with Crippen LogP contribution in [-0.2, 0) is 0 Å². The summed E-state index contributed by atoms with van der Waals surface area (Å²) in [7, 11) is 0. The van der Waals surface area contributed by atoms with E-state index in [-0.39, 0.29) is 11.8 Å². The maximum atomic E-state index is 5.92. The number of fused-ring (bicyclic) bond motifs is 1. The van der Waals surface area contributed by atoms with Crippen molar-refractivity contribution in [2.75, 3.05) is 5.43 Å². The number of aromatic nitrogens is 4. The van der Waals surface area contributed by atoms with Crippen LogP contribution in [0.4, 0.5) is 5.95 Å². The predicted octanol–water partition coefficient (Wildman–Crippen LogP) is 2.74. The minimum Gasteiger partial charge on any atom is -0.438 e. The molecule has 0 unspecified atom stereocenters. The highest BCUT2D eigenvalue weighted by molar-refractivity contribution is 6.34. The molecule has 0 aliphatic heterocycles. The fourth-order valence-corrected chi connectivity index (χ4v) is 2.16. The first-order chi connectivity index (χ1) is 9.65. The summed E-state index contributed by atoms with van der Waals surface area (Å²) in [4.78, 5) is 8.22. The Morgan fingerprint density at radius 3 is 2.60 bits per heavy atom. The predicted molar refractivity (Wildman–Crippen MR) is 76.0 cm³/mol. The Kier molecular flexibility index (Phi) is 3.31. The Morgan fingerprint density at radius 1 is 1.15 bits per heavy atom. The van der Waals surface area contributed by atoms with Crippen LogP contribution in [0.1, 0.15) is 0 Å². The maximum Gasteiger partial charge on any atom is 0.242 e. The largest absolute Gasteiger partial charge is 0.438 e. The first kappa shape index (κ1) is 12.9. The van der Waals surface area contributed by atoms with Gasteiger partial charge in [-0.15, -0.1) is 0 Å². The van der Waals surface area contributed by atoms with Crippen LogP contribution in [0.2, 0.25) is 10.0 Å². The van der Waals surface area contributed by atoms with E-state index in [1.807, 2.05) is 0 Å². The number of anilines is 1. The molecule has 4 N–H and O–H groups in total. The Hall–Kier alpha value is -2.09. The third-order valence-electron chi connectivity index (χ3n) is 2.45. The van der Waals surface area contributed by atoms with Crippen LogP contribution in [0.5, 0.6) is 11.6 Å². The molecule has 3 rings (SSSR count). The van der Waals surface area contributed by atoms with E-state index in [0.29, 0.717) is 26.8 Å². The highest BCUT2D eigenvalue weighted by atomic mass is 35.5. The summed E-state index contributed by atoms with van der Waals surface area (Å²) in [6, 6.07) is 4.85. The van der Waals surface area contributed by atoms with Crippen LogP contribution < -0.4 is 16.0 Å². The van der Waals surface area contributed by atoms with Gasteiger partial charge in [0.25, 0.3) is 0 Å². The lowest BCUT2D eigenvalue weighted by Gasteiger charge is -2.08. The highest BCUT2D eigenvalue weighted by Crippen LogP contribution is 2.31. The number of rotatable bonds is 3. The topological polar surface area (TPSA) is 102 Å². The van der Waals surface area contributed by atoms with E-state index >= 15 is 0 Å². The zero-order chi connectivity index (χ0) is 14.1. The first-order valence-corrected chi connectivity index (χ1v) is 6.23. The summed E-state index contributed by atoms with van der Waals surface area (Å²) in [6.45, 7) is 0. The quantitative estimate of drug-likeness (QED) is 0.508. The second-order valence-electron chi connectivity index (χ2n) is 3.84. The molecule has 0 aliphatic carbocycles. The van der Waals surface area contributed by atoms with Crippen molar-refractivity contribution in [3.05, 3.63) is 34.4 Å². The van der Waals surface area contributed by atoms with Crippen LogP contribution in [-0.4, -0.2) is 20.2 Å². The van der Waals surface area contributed by atoms with Gasteiger partial charge < -0.3 is 4.74 Å². The lowest BCUT2D eigenvalue weighted by atomic mass is 10.3. The summed E-state index contributed by atoms with van der Waals surface area (Å²) in [5.74, 6) is 6.25. The van der Waals surface area contributed by atoms with Gasteiger partial charge in [-0.3, -0.25) is 10.5 Å². The van der Waals surface area contributed by atoms with E-state index in [9.17, 15) is 0 Å². The number of hydrogen-bond acceptors (Lipinski definition) is 6. The maximum absolute atomic E-state index is 5.92. The van der Waals surface area contributed by atoms with Gasteiger partial charge in [-0.05, 0) is 18.2 Å². The number of H-pyrrole nitrogens is 1. The monoisotopic (exact) mass is 310 g/mol. The van der Waals surface area contributed by atoms with Crippen molar-refractivity contribution in [2.45, 2.75) is 0 Å². The van der Waals surface area contributed by atoms with E-state index in [2.05, 4.69) is 25.6 Å². The summed E-state index contributed by atoms with van der Waals surface area (Å²) < 4.78 is 5.68. The number of nitrogens with two attached hydrogens (primary N) is 1. The number of benzene rings is 1. The van der Waals surface area contributed by atoms with Crippen molar-refractivity contribution < 1.29 is 4.74 Å². The van der Waals surface area contributed by atoms with Crippen LogP contribution in [0.25, 0.3) is 11.0 Å². The van der Waals surface area contributed by atoms with Crippen LogP contribution >= 0.6 is 23.2 Å². The number of nitrogen functional groups attached to an aromatic ring is 1. The molecule has 0 amide bonds. The van der Waals surface area contributed by atoms with Crippen molar-refractivity contribution in [1.82, 2.24) is 20.2 Å². The molecular formula is C11H8Cl2N6O.